The van der Waals surface area contributed by atoms with Crippen molar-refractivity contribution in [1.29, 1.82) is 0 Å². The van der Waals surface area contributed by atoms with Gasteiger partial charge in [-0.3, -0.25) is 5.32 Å². The number of anilines is 1. The average molecular weight is 364 g/mol. The zero-order valence-electron chi connectivity index (χ0n) is 15.2. The summed E-state index contributed by atoms with van der Waals surface area (Å²) in [6.45, 7) is 6.33. The highest BCUT2D eigenvalue weighted by atomic mass is 16.7. The summed E-state index contributed by atoms with van der Waals surface area (Å²) in [4.78, 5) is 33.5. The van der Waals surface area contributed by atoms with Gasteiger partial charge in [-0.05, 0) is 32.4 Å². The molecule has 0 saturated carbocycles. The second-order valence-electron chi connectivity index (χ2n) is 5.43. The number of para-hydroxylation sites is 2. The molecule has 1 atom stereocenters. The molecule has 0 radical (unpaired) electrons. The Bertz CT molecular complexity index is 746. The monoisotopic (exact) mass is 364 g/mol. The van der Waals surface area contributed by atoms with E-state index in [0.717, 1.165) is 17.6 Å². The Morgan fingerprint density at radius 3 is 2.73 bits per heavy atom. The Hall–Kier alpha value is -2.81. The number of amides is 2. The molecule has 2 N–H and O–H groups in total. The number of benzene rings is 1. The van der Waals surface area contributed by atoms with Gasteiger partial charge in [-0.2, -0.15) is 0 Å². The number of hydrogen-bond acceptors (Lipinski definition) is 6. The maximum absolute atomic E-state index is 12.0. The van der Waals surface area contributed by atoms with E-state index in [1.54, 1.807) is 38.1 Å². The first-order valence-electron chi connectivity index (χ1n) is 8.58. The molecule has 0 bridgehead atoms. The van der Waals surface area contributed by atoms with E-state index >= 15 is 0 Å². The van der Waals surface area contributed by atoms with Gasteiger partial charge in [0.15, 0.2) is 0 Å². The van der Waals surface area contributed by atoms with Gasteiger partial charge < -0.3 is 19.6 Å². The lowest BCUT2D eigenvalue weighted by atomic mass is 10.3. The van der Waals surface area contributed by atoms with Gasteiger partial charge in [0.1, 0.15) is 5.52 Å². The third-order valence-electron chi connectivity index (χ3n) is 3.38. The van der Waals surface area contributed by atoms with E-state index in [0.29, 0.717) is 24.2 Å². The fourth-order valence-electron chi connectivity index (χ4n) is 2.20. The van der Waals surface area contributed by atoms with Gasteiger partial charge in [0, 0.05) is 13.2 Å². The van der Waals surface area contributed by atoms with Gasteiger partial charge in [0.25, 0.3) is 0 Å². The lowest BCUT2D eigenvalue weighted by Gasteiger charge is -2.14. The molecule has 2 rings (SSSR count). The molecule has 1 aromatic heterocycles. The number of aromatic nitrogens is 2. The number of nitrogens with one attached hydrogen (secondary N) is 2. The fraction of sp³-hybridized carbons (Fsp3) is 0.471. The largest absolute Gasteiger partial charge is 0.432 e. The smallest absolute Gasteiger partial charge is 0.420 e. The van der Waals surface area contributed by atoms with Crippen molar-refractivity contribution >= 4 is 29.2 Å². The second-order valence-corrected chi connectivity index (χ2v) is 5.43. The molecular formula is C17H24N4O5. The van der Waals surface area contributed by atoms with Gasteiger partial charge in [-0.25, -0.2) is 14.6 Å². The average Bonchev–Trinajstić information content (AvgIpc) is 2.92. The maximum Gasteiger partial charge on any atom is 0.432 e. The SMILES string of the molecule is CCCCNC(=O)On1c(NC(=O)OC(C)OCC)nc2ccccc21. The second kappa shape index (κ2) is 9.62. The zero-order valence-corrected chi connectivity index (χ0v) is 15.2. The third-order valence-corrected chi connectivity index (χ3v) is 3.38. The van der Waals surface area contributed by atoms with Crippen molar-refractivity contribution in [2.24, 2.45) is 0 Å². The van der Waals surface area contributed by atoms with Crippen molar-refractivity contribution in [3.63, 3.8) is 0 Å². The molecule has 1 aromatic carbocycles. The number of carbonyl (C=O) groups excluding carboxylic acids is 2. The van der Waals surface area contributed by atoms with E-state index in [2.05, 4.69) is 15.6 Å². The molecule has 0 aliphatic heterocycles. The molecule has 0 spiro atoms. The van der Waals surface area contributed by atoms with E-state index in [4.69, 9.17) is 14.3 Å². The number of carbonyl (C=O) groups is 2. The Morgan fingerprint density at radius 1 is 1.23 bits per heavy atom. The van der Waals surface area contributed by atoms with Crippen molar-refractivity contribution in [3.8, 4) is 0 Å². The van der Waals surface area contributed by atoms with Gasteiger partial charge in [-0.15, -0.1) is 4.73 Å². The number of nitrogens with zero attached hydrogens (tertiary/aromatic N) is 2. The fourth-order valence-corrected chi connectivity index (χ4v) is 2.20. The number of hydrogen-bond donors (Lipinski definition) is 2. The number of ether oxygens (including phenoxy) is 2. The van der Waals surface area contributed by atoms with E-state index in [-0.39, 0.29) is 5.95 Å². The lowest BCUT2D eigenvalue weighted by molar-refractivity contribution is -0.0828. The van der Waals surface area contributed by atoms with Crippen LogP contribution in [0.1, 0.15) is 33.6 Å². The molecule has 9 nitrogen and oxygen atoms in total. The first-order chi connectivity index (χ1) is 12.5. The highest BCUT2D eigenvalue weighted by molar-refractivity contribution is 5.87. The standard InChI is InChI=1S/C17H24N4O5/c1-4-6-11-18-16(22)26-21-14-10-8-7-9-13(14)19-15(21)20-17(23)25-12(3)24-5-2/h7-10,12H,4-6,11H2,1-3H3,(H,18,22)(H,19,20,23). The Labute approximate surface area is 151 Å². The first kappa shape index (κ1) is 19.5. The maximum atomic E-state index is 12.0. The Kier molecular flexibility index (Phi) is 7.22. The minimum atomic E-state index is -0.766. The van der Waals surface area contributed by atoms with Crippen LogP contribution in [-0.4, -0.2) is 41.3 Å². The highest BCUT2D eigenvalue weighted by Gasteiger charge is 2.18. The summed E-state index contributed by atoms with van der Waals surface area (Å²) < 4.78 is 11.4. The lowest BCUT2D eigenvalue weighted by Crippen LogP contribution is -2.34. The van der Waals surface area contributed by atoms with Crippen LogP contribution in [0.15, 0.2) is 24.3 Å². The van der Waals surface area contributed by atoms with E-state index in [1.807, 2.05) is 6.92 Å². The van der Waals surface area contributed by atoms with Gasteiger partial charge in [0.05, 0.1) is 5.52 Å². The molecule has 0 saturated heterocycles. The Balaban J connectivity index is 2.14. The van der Waals surface area contributed by atoms with Gasteiger partial charge in [0.2, 0.25) is 12.2 Å². The van der Waals surface area contributed by atoms with E-state index in [1.165, 1.54) is 0 Å². The van der Waals surface area contributed by atoms with Crippen LogP contribution in [0.5, 0.6) is 0 Å². The minimum Gasteiger partial charge on any atom is -0.420 e. The number of imidazole rings is 1. The molecule has 2 aromatic rings. The molecule has 0 fully saturated rings. The molecule has 142 valence electrons. The summed E-state index contributed by atoms with van der Waals surface area (Å²) in [5.74, 6) is 0.0329. The summed E-state index contributed by atoms with van der Waals surface area (Å²) in [6.07, 6.45) is -0.327. The van der Waals surface area contributed by atoms with Crippen molar-refractivity contribution in [2.75, 3.05) is 18.5 Å². The van der Waals surface area contributed by atoms with Crippen molar-refractivity contribution in [1.82, 2.24) is 15.0 Å². The van der Waals surface area contributed by atoms with Crippen molar-refractivity contribution in [3.05, 3.63) is 24.3 Å². The summed E-state index contributed by atoms with van der Waals surface area (Å²) in [6, 6.07) is 7.03. The van der Waals surface area contributed by atoms with Crippen LogP contribution in [0.25, 0.3) is 11.0 Å². The Morgan fingerprint density at radius 2 is 2.00 bits per heavy atom. The van der Waals surface area contributed by atoms with Crippen LogP contribution in [0.4, 0.5) is 15.5 Å². The summed E-state index contributed by atoms with van der Waals surface area (Å²) >= 11 is 0. The molecule has 0 aliphatic carbocycles. The van der Waals surface area contributed by atoms with Crippen LogP contribution in [0.2, 0.25) is 0 Å². The van der Waals surface area contributed by atoms with Crippen LogP contribution in [-0.2, 0) is 9.47 Å². The van der Waals surface area contributed by atoms with Crippen LogP contribution in [0.3, 0.4) is 0 Å². The number of unbranched alkanes of at least 4 members (excludes halogenated alkanes) is 1. The van der Waals surface area contributed by atoms with Crippen molar-refractivity contribution in [2.45, 2.75) is 39.9 Å². The topological polar surface area (TPSA) is 104 Å². The first-order valence-corrected chi connectivity index (χ1v) is 8.58. The minimum absolute atomic E-state index is 0.0329. The van der Waals surface area contributed by atoms with Crippen LogP contribution >= 0.6 is 0 Å². The van der Waals surface area contributed by atoms with E-state index < -0.39 is 18.5 Å². The molecule has 26 heavy (non-hydrogen) atoms. The number of fused-ring (bicyclic) bond motifs is 1. The summed E-state index contributed by atoms with van der Waals surface area (Å²) in [5, 5.41) is 5.11. The zero-order chi connectivity index (χ0) is 18.9. The molecular weight excluding hydrogens is 340 g/mol. The predicted octanol–water partition coefficient (Wildman–Crippen LogP) is 2.91. The third kappa shape index (κ3) is 5.35. The summed E-state index contributed by atoms with van der Waals surface area (Å²) in [5.41, 5.74) is 1.09. The highest BCUT2D eigenvalue weighted by Crippen LogP contribution is 2.18. The molecule has 1 unspecified atom stereocenters. The molecule has 0 aliphatic rings. The molecule has 1 heterocycles. The quantitative estimate of drug-likeness (QED) is 0.551. The number of rotatable bonds is 8. The van der Waals surface area contributed by atoms with Crippen LogP contribution in [0, 0.1) is 0 Å². The molecule has 9 heteroatoms. The normalized spacial score (nSPS) is 11.8. The van der Waals surface area contributed by atoms with Gasteiger partial charge >= 0.3 is 12.2 Å². The predicted molar refractivity (Wildman–Crippen MR) is 95.8 cm³/mol. The van der Waals surface area contributed by atoms with Crippen LogP contribution < -0.4 is 15.5 Å². The van der Waals surface area contributed by atoms with E-state index in [9.17, 15) is 9.59 Å². The summed E-state index contributed by atoms with van der Waals surface area (Å²) in [7, 11) is 0. The van der Waals surface area contributed by atoms with Gasteiger partial charge in [-0.1, -0.05) is 25.5 Å². The molecule has 2 amide bonds. The van der Waals surface area contributed by atoms with Crippen molar-refractivity contribution < 1.29 is 23.9 Å².